The zero-order valence-corrected chi connectivity index (χ0v) is 6.23. The van der Waals surface area contributed by atoms with Gasteiger partial charge < -0.3 is 5.73 Å². The van der Waals surface area contributed by atoms with Crippen LogP contribution in [0.15, 0.2) is 4.99 Å². The summed E-state index contributed by atoms with van der Waals surface area (Å²) < 4.78 is 34.6. The summed E-state index contributed by atoms with van der Waals surface area (Å²) in [5.41, 5.74) is 6.44. The summed E-state index contributed by atoms with van der Waals surface area (Å²) in [5, 5.41) is 8.07. The molecule has 0 saturated heterocycles. The summed E-state index contributed by atoms with van der Waals surface area (Å²) in [6, 6.07) is 0. The van der Waals surface area contributed by atoms with E-state index in [4.69, 9.17) is 10.9 Å². The van der Waals surface area contributed by atoms with Gasteiger partial charge in [0.05, 0.1) is 0 Å². The maximum absolute atomic E-state index is 11.5. The zero-order chi connectivity index (χ0) is 9.61. The Kier molecular flexibility index (Phi) is 4.42. The number of guanidine groups is 1. The molecule has 0 saturated carbocycles. The van der Waals surface area contributed by atoms with Crippen molar-refractivity contribution in [3.8, 4) is 0 Å². The fourth-order valence-electron chi connectivity index (χ4n) is 0.514. The van der Waals surface area contributed by atoms with Crippen LogP contribution in [0.1, 0.15) is 12.8 Å². The number of aliphatic imine (C=N–C) groups is 1. The third-order valence-electron chi connectivity index (χ3n) is 1.02. The molecule has 0 aromatic rings. The number of nitrogens with zero attached hydrogens (tertiary/aromatic N) is 1. The molecule has 0 radical (unpaired) electrons. The van der Waals surface area contributed by atoms with E-state index in [9.17, 15) is 13.2 Å². The smallest absolute Gasteiger partial charge is 0.368 e. The van der Waals surface area contributed by atoms with E-state index in [0.29, 0.717) is 0 Å². The summed E-state index contributed by atoms with van der Waals surface area (Å²) in [5.74, 6) is -0.280. The van der Waals surface area contributed by atoms with Gasteiger partial charge in [0.25, 0.3) is 0 Å². The van der Waals surface area contributed by atoms with Gasteiger partial charge >= 0.3 is 6.18 Å². The highest BCUT2D eigenvalue weighted by molar-refractivity contribution is 5.76. The molecule has 0 unspecified atom stereocenters. The largest absolute Gasteiger partial charge is 0.389 e. The lowest BCUT2D eigenvalue weighted by atomic mass is 10.3. The van der Waals surface area contributed by atoms with Gasteiger partial charge in [-0.25, -0.2) is 5.48 Å². The molecule has 0 spiro atoms. The third kappa shape index (κ3) is 7.13. The average molecular weight is 185 g/mol. The molecule has 0 aromatic heterocycles. The monoisotopic (exact) mass is 185 g/mol. The molecule has 0 aliphatic carbocycles. The van der Waals surface area contributed by atoms with Crippen molar-refractivity contribution in [2.45, 2.75) is 19.0 Å². The normalized spacial score (nSPS) is 13.2. The number of hydrogen-bond acceptors (Lipinski definition) is 2. The van der Waals surface area contributed by atoms with Gasteiger partial charge in [-0.05, 0) is 6.42 Å². The van der Waals surface area contributed by atoms with Gasteiger partial charge in [0.2, 0.25) is 5.96 Å². The maximum atomic E-state index is 11.5. The quantitative estimate of drug-likeness (QED) is 0.261. The first-order chi connectivity index (χ1) is 5.45. The van der Waals surface area contributed by atoms with Gasteiger partial charge in [0, 0.05) is 13.0 Å². The van der Waals surface area contributed by atoms with E-state index in [1.54, 1.807) is 0 Å². The van der Waals surface area contributed by atoms with Crippen LogP contribution >= 0.6 is 0 Å². The fourth-order valence-corrected chi connectivity index (χ4v) is 0.514. The first-order valence-corrected chi connectivity index (χ1v) is 3.22. The number of rotatable bonds is 3. The Labute approximate surface area is 67.2 Å². The molecule has 0 rings (SSSR count). The van der Waals surface area contributed by atoms with Crippen molar-refractivity contribution in [3.05, 3.63) is 0 Å². The Morgan fingerprint density at radius 2 is 2.08 bits per heavy atom. The van der Waals surface area contributed by atoms with E-state index in [1.165, 1.54) is 5.48 Å². The van der Waals surface area contributed by atoms with Crippen molar-refractivity contribution in [3.63, 3.8) is 0 Å². The second-order valence-electron chi connectivity index (χ2n) is 2.10. The molecular formula is C5H10F3N3O. The fraction of sp³-hybridized carbons (Fsp3) is 0.800. The SMILES string of the molecule is NC(=NCCCC(F)(F)F)NO. The lowest BCUT2D eigenvalue weighted by Gasteiger charge is -2.03. The van der Waals surface area contributed by atoms with Crippen molar-refractivity contribution in [2.75, 3.05) is 6.54 Å². The van der Waals surface area contributed by atoms with Crippen molar-refractivity contribution in [1.82, 2.24) is 5.48 Å². The molecular weight excluding hydrogens is 175 g/mol. The van der Waals surface area contributed by atoms with Crippen molar-refractivity contribution < 1.29 is 18.4 Å². The summed E-state index contributed by atoms with van der Waals surface area (Å²) >= 11 is 0. The van der Waals surface area contributed by atoms with Crippen LogP contribution in [0.5, 0.6) is 0 Å². The zero-order valence-electron chi connectivity index (χ0n) is 6.23. The number of hydrogen-bond donors (Lipinski definition) is 3. The lowest BCUT2D eigenvalue weighted by molar-refractivity contribution is -0.134. The van der Waals surface area contributed by atoms with Crippen LogP contribution in [0.2, 0.25) is 0 Å². The first kappa shape index (κ1) is 11.0. The Hall–Kier alpha value is -0.980. The number of nitrogens with two attached hydrogens (primary N) is 1. The summed E-state index contributed by atoms with van der Waals surface area (Å²) in [7, 11) is 0. The minimum atomic E-state index is -4.16. The van der Waals surface area contributed by atoms with Gasteiger partial charge in [0.1, 0.15) is 0 Å². The Balaban J connectivity index is 3.45. The van der Waals surface area contributed by atoms with Crippen LogP contribution in [0.4, 0.5) is 13.2 Å². The molecule has 0 bridgehead atoms. The van der Waals surface area contributed by atoms with Crippen LogP contribution in [-0.2, 0) is 0 Å². The summed E-state index contributed by atoms with van der Waals surface area (Å²) in [4.78, 5) is 3.38. The number of halogens is 3. The van der Waals surface area contributed by atoms with Crippen molar-refractivity contribution in [2.24, 2.45) is 10.7 Å². The van der Waals surface area contributed by atoms with E-state index in [2.05, 4.69) is 4.99 Å². The molecule has 72 valence electrons. The highest BCUT2D eigenvalue weighted by Crippen LogP contribution is 2.20. The Morgan fingerprint density at radius 1 is 1.50 bits per heavy atom. The second kappa shape index (κ2) is 4.81. The molecule has 0 aliphatic rings. The highest BCUT2D eigenvalue weighted by Gasteiger charge is 2.25. The van der Waals surface area contributed by atoms with Gasteiger partial charge in [-0.2, -0.15) is 13.2 Å². The average Bonchev–Trinajstić information content (AvgIpc) is 1.96. The Bertz CT molecular complexity index is 157. The minimum Gasteiger partial charge on any atom is -0.368 e. The minimum absolute atomic E-state index is 0.0566. The maximum Gasteiger partial charge on any atom is 0.389 e. The van der Waals surface area contributed by atoms with Gasteiger partial charge in [-0.3, -0.25) is 10.2 Å². The Morgan fingerprint density at radius 3 is 2.50 bits per heavy atom. The standard InChI is InChI=1S/C5H10F3N3O/c6-5(7,8)2-1-3-10-4(9)11-12/h12H,1-3H2,(H3,9,10,11). The van der Waals surface area contributed by atoms with Gasteiger partial charge in [-0.15, -0.1) is 0 Å². The first-order valence-electron chi connectivity index (χ1n) is 3.22. The van der Waals surface area contributed by atoms with Crippen molar-refractivity contribution in [1.29, 1.82) is 0 Å². The molecule has 4 nitrogen and oxygen atoms in total. The van der Waals surface area contributed by atoms with Crippen LogP contribution < -0.4 is 11.2 Å². The molecule has 12 heavy (non-hydrogen) atoms. The van der Waals surface area contributed by atoms with Gasteiger partial charge in [-0.1, -0.05) is 0 Å². The van der Waals surface area contributed by atoms with Crippen LogP contribution in [0, 0.1) is 0 Å². The predicted molar refractivity (Wildman–Crippen MR) is 36.7 cm³/mol. The van der Waals surface area contributed by atoms with E-state index in [-0.39, 0.29) is 18.9 Å². The molecule has 7 heteroatoms. The third-order valence-corrected chi connectivity index (χ3v) is 1.02. The van der Waals surface area contributed by atoms with E-state index in [0.717, 1.165) is 0 Å². The predicted octanol–water partition coefficient (Wildman–Crippen LogP) is 0.622. The molecule has 4 N–H and O–H groups in total. The lowest BCUT2D eigenvalue weighted by Crippen LogP contribution is -2.28. The topological polar surface area (TPSA) is 70.6 Å². The number of alkyl halides is 3. The molecule has 0 heterocycles. The van der Waals surface area contributed by atoms with Gasteiger partial charge in [0.15, 0.2) is 0 Å². The number of nitrogens with one attached hydrogen (secondary N) is 1. The van der Waals surface area contributed by atoms with Crippen LogP contribution in [0.3, 0.4) is 0 Å². The molecule has 0 aliphatic heterocycles. The molecule has 0 aromatic carbocycles. The van der Waals surface area contributed by atoms with E-state index < -0.39 is 12.6 Å². The second-order valence-corrected chi connectivity index (χ2v) is 2.10. The summed E-state index contributed by atoms with van der Waals surface area (Å²) in [6.45, 7) is -0.0566. The number of hydroxylamine groups is 1. The molecule has 0 amide bonds. The van der Waals surface area contributed by atoms with E-state index in [1.807, 2.05) is 0 Å². The van der Waals surface area contributed by atoms with Crippen LogP contribution in [0.25, 0.3) is 0 Å². The van der Waals surface area contributed by atoms with Crippen LogP contribution in [-0.4, -0.2) is 23.9 Å². The summed E-state index contributed by atoms with van der Waals surface area (Å²) in [6.07, 6.45) is -5.18. The molecule has 0 atom stereocenters. The van der Waals surface area contributed by atoms with E-state index >= 15 is 0 Å². The highest BCUT2D eigenvalue weighted by atomic mass is 19.4. The molecule has 0 fully saturated rings. The van der Waals surface area contributed by atoms with Crippen molar-refractivity contribution >= 4 is 5.96 Å².